The van der Waals surface area contributed by atoms with Gasteiger partial charge in [-0.05, 0) is 52.2 Å². The second kappa shape index (κ2) is 8.06. The third kappa shape index (κ3) is 4.64. The van der Waals surface area contributed by atoms with E-state index in [0.717, 1.165) is 17.2 Å². The van der Waals surface area contributed by atoms with Crippen LogP contribution in [-0.4, -0.2) is 30.4 Å². The largest absolute Gasteiger partial charge is 0.452 e. The molecule has 2 aromatic carbocycles. The van der Waals surface area contributed by atoms with E-state index in [0.29, 0.717) is 6.54 Å². The summed E-state index contributed by atoms with van der Waals surface area (Å²) in [5.74, 6) is -1.46. The van der Waals surface area contributed by atoms with Crippen molar-refractivity contribution in [1.82, 2.24) is 4.90 Å². The first-order valence-corrected chi connectivity index (χ1v) is 8.08. The maximum Gasteiger partial charge on any atom is 0.339 e. The normalized spacial score (nSPS) is 10.3. The molecule has 0 saturated carbocycles. The maximum atomic E-state index is 13.0. The van der Waals surface area contributed by atoms with Crippen LogP contribution in [0.4, 0.5) is 4.39 Å². The fraction of sp³-hybridized carbons (Fsp3) is 0.222. The molecule has 2 rings (SSSR count). The highest BCUT2D eigenvalue weighted by molar-refractivity contribution is 9.10. The zero-order valence-corrected chi connectivity index (χ0v) is 15.0. The summed E-state index contributed by atoms with van der Waals surface area (Å²) in [6.45, 7) is 2.04. The predicted octanol–water partition coefficient (Wildman–Crippen LogP) is 3.71. The minimum absolute atomic E-state index is 0.172. The van der Waals surface area contributed by atoms with Gasteiger partial charge in [0.25, 0.3) is 5.91 Å². The van der Waals surface area contributed by atoms with Crippen LogP contribution < -0.4 is 0 Å². The van der Waals surface area contributed by atoms with Crippen LogP contribution in [0.15, 0.2) is 46.9 Å². The molecule has 2 aromatic rings. The molecule has 1 amide bonds. The Morgan fingerprint density at radius 1 is 1.21 bits per heavy atom. The zero-order chi connectivity index (χ0) is 17.7. The van der Waals surface area contributed by atoms with Gasteiger partial charge in [-0.3, -0.25) is 4.79 Å². The van der Waals surface area contributed by atoms with Crippen LogP contribution in [0.1, 0.15) is 21.5 Å². The van der Waals surface area contributed by atoms with Gasteiger partial charge in [-0.2, -0.15) is 0 Å². The number of likely N-dealkylation sites (N-methyl/N-ethyl adjacent to an activating group) is 1. The van der Waals surface area contributed by atoms with E-state index in [2.05, 4.69) is 15.9 Å². The smallest absolute Gasteiger partial charge is 0.339 e. The first-order chi connectivity index (χ1) is 11.4. The molecule has 24 heavy (non-hydrogen) atoms. The summed E-state index contributed by atoms with van der Waals surface area (Å²) in [5.41, 5.74) is 2.29. The van der Waals surface area contributed by atoms with Crippen LogP contribution in [0.5, 0.6) is 0 Å². The number of rotatable bonds is 5. The van der Waals surface area contributed by atoms with Gasteiger partial charge in [0.05, 0.1) is 5.56 Å². The van der Waals surface area contributed by atoms with Gasteiger partial charge in [-0.15, -0.1) is 0 Å². The van der Waals surface area contributed by atoms with E-state index < -0.39 is 11.8 Å². The van der Waals surface area contributed by atoms with E-state index in [1.807, 2.05) is 31.2 Å². The number of carbonyl (C=O) groups excluding carboxylic acids is 2. The molecule has 4 nitrogen and oxygen atoms in total. The molecule has 0 aliphatic rings. The van der Waals surface area contributed by atoms with Crippen molar-refractivity contribution in [2.45, 2.75) is 13.5 Å². The SMILES string of the molecule is Cc1ccccc1CN(C)C(=O)COC(=O)c1ccc(F)cc1Br. The molecule has 0 bridgehead atoms. The van der Waals surface area contributed by atoms with E-state index in [4.69, 9.17) is 4.74 Å². The average molecular weight is 394 g/mol. The molecule has 6 heteroatoms. The molecule has 0 fully saturated rings. The van der Waals surface area contributed by atoms with Gasteiger partial charge in [0.15, 0.2) is 6.61 Å². The van der Waals surface area contributed by atoms with Crippen molar-refractivity contribution in [1.29, 1.82) is 0 Å². The van der Waals surface area contributed by atoms with Crippen LogP contribution in [0.25, 0.3) is 0 Å². The third-order valence-electron chi connectivity index (χ3n) is 3.57. The van der Waals surface area contributed by atoms with Crippen LogP contribution in [0, 0.1) is 12.7 Å². The summed E-state index contributed by atoms with van der Waals surface area (Å²) in [6.07, 6.45) is 0. The minimum atomic E-state index is -0.681. The van der Waals surface area contributed by atoms with Gasteiger partial charge in [0, 0.05) is 18.1 Å². The lowest BCUT2D eigenvalue weighted by Crippen LogP contribution is -2.31. The number of ether oxygens (including phenoxy) is 1. The Hall–Kier alpha value is -2.21. The number of benzene rings is 2. The van der Waals surface area contributed by atoms with E-state index >= 15 is 0 Å². The highest BCUT2D eigenvalue weighted by atomic mass is 79.9. The molecule has 0 spiro atoms. The molecule has 0 aliphatic carbocycles. The predicted molar refractivity (Wildman–Crippen MR) is 92.0 cm³/mol. The van der Waals surface area contributed by atoms with Crippen LogP contribution in [0.3, 0.4) is 0 Å². The van der Waals surface area contributed by atoms with Gasteiger partial charge in [0.1, 0.15) is 5.82 Å². The van der Waals surface area contributed by atoms with Gasteiger partial charge in [-0.25, -0.2) is 9.18 Å². The Morgan fingerprint density at radius 2 is 1.92 bits per heavy atom. The molecule has 0 aromatic heterocycles. The van der Waals surface area contributed by atoms with Crippen LogP contribution in [-0.2, 0) is 16.1 Å². The molecule has 0 N–H and O–H groups in total. The van der Waals surface area contributed by atoms with E-state index in [1.54, 1.807) is 7.05 Å². The molecular formula is C18H17BrFNO3. The topological polar surface area (TPSA) is 46.6 Å². The van der Waals surface area contributed by atoms with Gasteiger partial charge < -0.3 is 9.64 Å². The Morgan fingerprint density at radius 3 is 2.58 bits per heavy atom. The monoisotopic (exact) mass is 393 g/mol. The molecule has 0 radical (unpaired) electrons. The van der Waals surface area contributed by atoms with E-state index in [-0.39, 0.29) is 22.6 Å². The zero-order valence-electron chi connectivity index (χ0n) is 13.4. The molecule has 126 valence electrons. The van der Waals surface area contributed by atoms with Gasteiger partial charge >= 0.3 is 5.97 Å². The molecule has 0 saturated heterocycles. The lowest BCUT2D eigenvalue weighted by Gasteiger charge is -2.18. The summed E-state index contributed by atoms with van der Waals surface area (Å²) >= 11 is 3.10. The fourth-order valence-corrected chi connectivity index (χ4v) is 2.61. The van der Waals surface area contributed by atoms with Crippen molar-refractivity contribution in [3.05, 3.63) is 69.4 Å². The highest BCUT2D eigenvalue weighted by Crippen LogP contribution is 2.19. The lowest BCUT2D eigenvalue weighted by molar-refractivity contribution is -0.133. The number of aryl methyl sites for hydroxylation is 1. The van der Waals surface area contributed by atoms with Crippen LogP contribution in [0.2, 0.25) is 0 Å². The number of hydrogen-bond donors (Lipinski definition) is 0. The fourth-order valence-electron chi connectivity index (χ4n) is 2.10. The number of carbonyl (C=O) groups is 2. The van der Waals surface area contributed by atoms with Gasteiger partial charge in [0.2, 0.25) is 0 Å². The first-order valence-electron chi connectivity index (χ1n) is 7.29. The van der Waals surface area contributed by atoms with E-state index in [1.165, 1.54) is 17.0 Å². The molecule has 0 atom stereocenters. The number of halogens is 2. The summed E-state index contributed by atoms with van der Waals surface area (Å²) in [4.78, 5) is 25.6. The van der Waals surface area contributed by atoms with E-state index in [9.17, 15) is 14.0 Å². The lowest BCUT2D eigenvalue weighted by atomic mass is 10.1. The Balaban J connectivity index is 1.92. The summed E-state index contributed by atoms with van der Waals surface area (Å²) in [6, 6.07) is 11.4. The summed E-state index contributed by atoms with van der Waals surface area (Å²) in [5, 5.41) is 0. The maximum absolute atomic E-state index is 13.0. The van der Waals surface area contributed by atoms with Crippen molar-refractivity contribution in [3.63, 3.8) is 0 Å². The summed E-state index contributed by atoms with van der Waals surface area (Å²) in [7, 11) is 1.65. The standard InChI is InChI=1S/C18H17BrFNO3/c1-12-5-3-4-6-13(12)10-21(2)17(22)11-24-18(23)15-8-7-14(20)9-16(15)19/h3-9H,10-11H2,1-2H3. The quantitative estimate of drug-likeness (QED) is 0.727. The van der Waals surface area contributed by atoms with Crippen LogP contribution >= 0.6 is 15.9 Å². The second-order valence-electron chi connectivity index (χ2n) is 5.38. The van der Waals surface area contributed by atoms with Crippen molar-refractivity contribution in [2.75, 3.05) is 13.7 Å². The second-order valence-corrected chi connectivity index (χ2v) is 6.23. The van der Waals surface area contributed by atoms with Gasteiger partial charge in [-0.1, -0.05) is 24.3 Å². The van der Waals surface area contributed by atoms with Crippen molar-refractivity contribution < 1.29 is 18.7 Å². The van der Waals surface area contributed by atoms with Crippen molar-refractivity contribution >= 4 is 27.8 Å². The van der Waals surface area contributed by atoms with Crippen molar-refractivity contribution in [3.8, 4) is 0 Å². The Kier molecular flexibility index (Phi) is 6.09. The number of hydrogen-bond acceptors (Lipinski definition) is 3. The van der Waals surface area contributed by atoms with Crippen molar-refractivity contribution in [2.24, 2.45) is 0 Å². The number of esters is 1. The summed E-state index contributed by atoms with van der Waals surface area (Å²) < 4.78 is 18.3. The minimum Gasteiger partial charge on any atom is -0.452 e. The Bertz CT molecular complexity index is 764. The highest BCUT2D eigenvalue weighted by Gasteiger charge is 2.16. The first kappa shape index (κ1) is 18.1. The Labute approximate surface area is 148 Å². The molecule has 0 aliphatic heterocycles. The average Bonchev–Trinajstić information content (AvgIpc) is 2.54. The molecule has 0 unspecified atom stereocenters. The number of nitrogens with zero attached hydrogens (tertiary/aromatic N) is 1. The molecular weight excluding hydrogens is 377 g/mol. The molecule has 0 heterocycles. The third-order valence-corrected chi connectivity index (χ3v) is 4.23. The number of amides is 1.